The summed E-state index contributed by atoms with van der Waals surface area (Å²) in [5.74, 6) is -0.188. The molecule has 30 heavy (non-hydrogen) atoms. The number of carbonyl (C=O) groups is 2. The van der Waals surface area contributed by atoms with Gasteiger partial charge in [0.1, 0.15) is 0 Å². The lowest BCUT2D eigenvalue weighted by Gasteiger charge is -2.48. The number of benzene rings is 2. The van der Waals surface area contributed by atoms with Crippen LogP contribution in [0.15, 0.2) is 48.5 Å². The van der Waals surface area contributed by atoms with Crippen molar-refractivity contribution in [1.82, 2.24) is 10.2 Å². The van der Waals surface area contributed by atoms with Crippen molar-refractivity contribution in [3.05, 3.63) is 64.1 Å². The second kappa shape index (κ2) is 9.38. The number of anilines is 1. The summed E-state index contributed by atoms with van der Waals surface area (Å²) >= 11 is 12.3. The first kappa shape index (κ1) is 21.2. The van der Waals surface area contributed by atoms with Crippen LogP contribution in [-0.2, 0) is 4.79 Å². The summed E-state index contributed by atoms with van der Waals surface area (Å²) in [4.78, 5) is 27.6. The summed E-state index contributed by atoms with van der Waals surface area (Å²) in [6.07, 6.45) is 4.91. The van der Waals surface area contributed by atoms with E-state index in [1.165, 1.54) is 0 Å². The van der Waals surface area contributed by atoms with E-state index in [9.17, 15) is 9.59 Å². The molecular weight excluding hydrogens is 421 g/mol. The van der Waals surface area contributed by atoms with Crippen molar-refractivity contribution in [3.63, 3.8) is 0 Å². The number of hydrogen-bond donors (Lipinski definition) is 2. The number of nitrogens with one attached hydrogen (secondary N) is 2. The molecule has 0 radical (unpaired) electrons. The third-order valence-corrected chi connectivity index (χ3v) is 6.71. The number of para-hydroxylation sites is 1. The van der Waals surface area contributed by atoms with Gasteiger partial charge in [-0.1, -0.05) is 53.9 Å². The Morgan fingerprint density at radius 3 is 2.23 bits per heavy atom. The number of carbonyl (C=O) groups excluding carboxylic acids is 2. The van der Waals surface area contributed by atoms with E-state index in [0.29, 0.717) is 27.8 Å². The Morgan fingerprint density at radius 1 is 0.933 bits per heavy atom. The van der Waals surface area contributed by atoms with Crippen LogP contribution < -0.4 is 10.6 Å². The van der Waals surface area contributed by atoms with Crippen molar-refractivity contribution < 1.29 is 9.59 Å². The molecule has 2 aromatic carbocycles. The van der Waals surface area contributed by atoms with Crippen LogP contribution in [0.2, 0.25) is 10.0 Å². The van der Waals surface area contributed by atoms with Crippen LogP contribution in [0, 0.1) is 0 Å². The average molecular weight is 446 g/mol. The van der Waals surface area contributed by atoms with Crippen molar-refractivity contribution in [3.8, 4) is 0 Å². The fourth-order valence-corrected chi connectivity index (χ4v) is 5.09. The highest BCUT2D eigenvalue weighted by molar-refractivity contribution is 6.34. The Morgan fingerprint density at radius 2 is 1.57 bits per heavy atom. The topological polar surface area (TPSA) is 61.4 Å². The van der Waals surface area contributed by atoms with Gasteiger partial charge in [0.2, 0.25) is 5.91 Å². The zero-order valence-electron chi connectivity index (χ0n) is 16.6. The van der Waals surface area contributed by atoms with Gasteiger partial charge in [-0.15, -0.1) is 0 Å². The Balaban J connectivity index is 1.38. The predicted molar refractivity (Wildman–Crippen MR) is 120 cm³/mol. The highest BCUT2D eigenvalue weighted by Gasteiger charge is 2.39. The van der Waals surface area contributed by atoms with Crippen molar-refractivity contribution in [2.24, 2.45) is 0 Å². The Kier molecular flexibility index (Phi) is 6.61. The standard InChI is InChI=1S/C23H25Cl2N3O2/c24-19-9-2-1-8-18(19)23(30)26-15-12-16-6-5-7-17(13-15)28(16)14-22(29)27-21-11-4-3-10-20(21)25/h1-4,8-11,15-17H,5-7,12-14H2,(H,26,30)(H,27,29). The molecule has 2 amide bonds. The molecule has 2 atom stereocenters. The Hall–Kier alpha value is -2.08. The fraction of sp³-hybridized carbons (Fsp3) is 0.391. The van der Waals surface area contributed by atoms with Crippen LogP contribution in [0.1, 0.15) is 42.5 Å². The number of amides is 2. The molecule has 0 aromatic heterocycles. The van der Waals surface area contributed by atoms with E-state index in [4.69, 9.17) is 23.2 Å². The van der Waals surface area contributed by atoms with Crippen LogP contribution >= 0.6 is 23.2 Å². The zero-order valence-corrected chi connectivity index (χ0v) is 18.1. The van der Waals surface area contributed by atoms with Crippen LogP contribution in [-0.4, -0.2) is 41.4 Å². The molecule has 2 unspecified atom stereocenters. The van der Waals surface area contributed by atoms with Crippen molar-refractivity contribution >= 4 is 40.7 Å². The van der Waals surface area contributed by atoms with E-state index >= 15 is 0 Å². The smallest absolute Gasteiger partial charge is 0.253 e. The molecule has 0 saturated carbocycles. The number of nitrogens with zero attached hydrogens (tertiary/aromatic N) is 1. The van der Waals surface area contributed by atoms with Crippen molar-refractivity contribution in [2.45, 2.75) is 50.2 Å². The molecule has 2 heterocycles. The fourth-order valence-electron chi connectivity index (χ4n) is 4.68. The molecule has 0 spiro atoms. The second-order valence-electron chi connectivity index (χ2n) is 8.06. The first-order valence-corrected chi connectivity index (χ1v) is 11.1. The van der Waals surface area contributed by atoms with Gasteiger partial charge in [-0.3, -0.25) is 14.5 Å². The van der Waals surface area contributed by atoms with E-state index in [1.54, 1.807) is 24.3 Å². The lowest BCUT2D eigenvalue weighted by molar-refractivity contribution is -0.120. The van der Waals surface area contributed by atoms with Gasteiger partial charge in [0.05, 0.1) is 27.8 Å². The second-order valence-corrected chi connectivity index (χ2v) is 8.87. The van der Waals surface area contributed by atoms with Gasteiger partial charge in [-0.05, 0) is 49.9 Å². The molecule has 2 aliphatic rings. The molecular formula is C23H25Cl2N3O2. The highest BCUT2D eigenvalue weighted by Crippen LogP contribution is 2.34. The number of rotatable bonds is 5. The lowest BCUT2D eigenvalue weighted by Crippen LogP contribution is -2.58. The monoisotopic (exact) mass is 445 g/mol. The van der Waals surface area contributed by atoms with Crippen LogP contribution in [0.25, 0.3) is 0 Å². The van der Waals surface area contributed by atoms with Gasteiger partial charge in [0.15, 0.2) is 0 Å². The van der Waals surface area contributed by atoms with E-state index in [0.717, 1.165) is 32.1 Å². The first-order valence-electron chi connectivity index (χ1n) is 10.4. The van der Waals surface area contributed by atoms with Crippen molar-refractivity contribution in [2.75, 3.05) is 11.9 Å². The van der Waals surface area contributed by atoms with Gasteiger partial charge >= 0.3 is 0 Å². The maximum absolute atomic E-state index is 12.7. The normalized spacial score (nSPS) is 23.6. The summed E-state index contributed by atoms with van der Waals surface area (Å²) in [5.41, 5.74) is 1.14. The maximum Gasteiger partial charge on any atom is 0.253 e. The average Bonchev–Trinajstić information content (AvgIpc) is 2.70. The van der Waals surface area contributed by atoms with Crippen LogP contribution in [0.5, 0.6) is 0 Å². The third kappa shape index (κ3) is 4.80. The zero-order chi connectivity index (χ0) is 21.1. The first-order chi connectivity index (χ1) is 14.5. The lowest BCUT2D eigenvalue weighted by atomic mass is 9.81. The Labute approximate surface area is 186 Å². The largest absolute Gasteiger partial charge is 0.349 e. The predicted octanol–water partition coefficient (Wildman–Crippen LogP) is 4.75. The summed E-state index contributed by atoms with van der Waals surface area (Å²) in [6, 6.07) is 15.0. The van der Waals surface area contributed by atoms with Gasteiger partial charge in [-0.25, -0.2) is 0 Å². The molecule has 2 fully saturated rings. The number of piperidine rings is 2. The van der Waals surface area contributed by atoms with Crippen LogP contribution in [0.4, 0.5) is 5.69 Å². The minimum Gasteiger partial charge on any atom is -0.349 e. The minimum absolute atomic E-state index is 0.0569. The van der Waals surface area contributed by atoms with Gasteiger partial charge in [0.25, 0.3) is 5.91 Å². The van der Waals surface area contributed by atoms with Gasteiger partial charge < -0.3 is 10.6 Å². The highest BCUT2D eigenvalue weighted by atomic mass is 35.5. The third-order valence-electron chi connectivity index (χ3n) is 6.05. The van der Waals surface area contributed by atoms with Gasteiger partial charge in [-0.2, -0.15) is 0 Å². The summed E-state index contributed by atoms with van der Waals surface area (Å²) in [7, 11) is 0. The molecule has 2 aromatic rings. The molecule has 2 aliphatic heterocycles. The van der Waals surface area contributed by atoms with Crippen molar-refractivity contribution in [1.29, 1.82) is 0 Å². The molecule has 7 heteroatoms. The van der Waals surface area contributed by atoms with Gasteiger partial charge in [0, 0.05) is 18.1 Å². The van der Waals surface area contributed by atoms with E-state index in [2.05, 4.69) is 15.5 Å². The van der Waals surface area contributed by atoms with Crippen LogP contribution in [0.3, 0.4) is 0 Å². The SMILES string of the molecule is O=C(CN1C2CCCC1CC(NC(=O)c1ccccc1Cl)C2)Nc1ccccc1Cl. The van der Waals surface area contributed by atoms with E-state index in [1.807, 2.05) is 24.3 Å². The summed E-state index contributed by atoms with van der Waals surface area (Å²) < 4.78 is 0. The molecule has 5 nitrogen and oxygen atoms in total. The molecule has 2 N–H and O–H groups in total. The molecule has 4 rings (SSSR count). The summed E-state index contributed by atoms with van der Waals surface area (Å²) in [5, 5.41) is 7.07. The van der Waals surface area contributed by atoms with E-state index < -0.39 is 0 Å². The maximum atomic E-state index is 12.7. The molecule has 2 saturated heterocycles. The number of hydrogen-bond acceptors (Lipinski definition) is 3. The van der Waals surface area contributed by atoms with E-state index in [-0.39, 0.29) is 29.9 Å². The summed E-state index contributed by atoms with van der Waals surface area (Å²) in [6.45, 7) is 0.339. The Bertz CT molecular complexity index is 922. The molecule has 158 valence electrons. The molecule has 2 bridgehead atoms. The minimum atomic E-state index is -0.131. The number of halogens is 2. The quantitative estimate of drug-likeness (QED) is 0.697. The number of fused-ring (bicyclic) bond motifs is 2. The molecule has 0 aliphatic carbocycles.